The Bertz CT molecular complexity index is 124. The molecular formula is C8H15NO. The number of hydrogen-bond acceptors (Lipinski definition) is 2. The average Bonchev–Trinajstić information content (AvgIpc) is 2.48. The fourth-order valence-electron chi connectivity index (χ4n) is 2.38. The van der Waals surface area contributed by atoms with E-state index >= 15 is 0 Å². The summed E-state index contributed by atoms with van der Waals surface area (Å²) in [5, 5.41) is 13.0. The van der Waals surface area contributed by atoms with Crippen molar-refractivity contribution in [1.82, 2.24) is 5.32 Å². The lowest BCUT2D eigenvalue weighted by molar-refractivity contribution is 0.0976. The van der Waals surface area contributed by atoms with Crippen LogP contribution < -0.4 is 5.32 Å². The van der Waals surface area contributed by atoms with Crippen LogP contribution >= 0.6 is 0 Å². The van der Waals surface area contributed by atoms with Crippen LogP contribution in [0, 0.1) is 0 Å². The first-order chi connectivity index (χ1) is 4.83. The molecule has 1 heterocycles. The summed E-state index contributed by atoms with van der Waals surface area (Å²) in [6.07, 6.45) is 5.77. The number of hydrogen-bond donors (Lipinski definition) is 2. The molecule has 1 saturated heterocycles. The van der Waals surface area contributed by atoms with Crippen molar-refractivity contribution in [3.05, 3.63) is 0 Å². The SMILES string of the molecule is OC1CCC[C@@]12CCCN2. The van der Waals surface area contributed by atoms with Gasteiger partial charge in [-0.15, -0.1) is 0 Å². The molecule has 0 amide bonds. The molecule has 1 unspecified atom stereocenters. The second-order valence-electron chi connectivity index (χ2n) is 3.59. The Hall–Kier alpha value is -0.0800. The molecular weight excluding hydrogens is 126 g/mol. The zero-order valence-corrected chi connectivity index (χ0v) is 6.27. The van der Waals surface area contributed by atoms with Gasteiger partial charge in [0.05, 0.1) is 6.10 Å². The highest BCUT2D eigenvalue weighted by Crippen LogP contribution is 2.36. The van der Waals surface area contributed by atoms with Gasteiger partial charge in [-0.2, -0.15) is 0 Å². The van der Waals surface area contributed by atoms with Crippen LogP contribution in [-0.2, 0) is 0 Å². The number of rotatable bonds is 0. The molecule has 1 aliphatic heterocycles. The van der Waals surface area contributed by atoms with Crippen molar-refractivity contribution < 1.29 is 5.11 Å². The summed E-state index contributed by atoms with van der Waals surface area (Å²) in [6, 6.07) is 0. The van der Waals surface area contributed by atoms with Crippen molar-refractivity contribution in [3.8, 4) is 0 Å². The van der Waals surface area contributed by atoms with Gasteiger partial charge in [0.1, 0.15) is 0 Å². The maximum atomic E-state index is 9.62. The quantitative estimate of drug-likeness (QED) is 0.519. The molecule has 10 heavy (non-hydrogen) atoms. The standard InChI is InChI=1S/C8H15NO/c10-7-3-1-4-8(7)5-2-6-9-8/h7,9-10H,1-6H2/t7?,8-/m1/s1. The first-order valence-corrected chi connectivity index (χ1v) is 4.27. The minimum Gasteiger partial charge on any atom is -0.391 e. The Morgan fingerprint density at radius 2 is 2.10 bits per heavy atom. The molecule has 2 atom stereocenters. The monoisotopic (exact) mass is 141 g/mol. The van der Waals surface area contributed by atoms with Gasteiger partial charge in [0.25, 0.3) is 0 Å². The highest BCUT2D eigenvalue weighted by atomic mass is 16.3. The average molecular weight is 141 g/mol. The normalized spacial score (nSPS) is 47.1. The molecule has 58 valence electrons. The van der Waals surface area contributed by atoms with Gasteiger partial charge in [0.2, 0.25) is 0 Å². The van der Waals surface area contributed by atoms with Gasteiger partial charge in [-0.3, -0.25) is 0 Å². The first kappa shape index (κ1) is 6.62. The van der Waals surface area contributed by atoms with E-state index in [-0.39, 0.29) is 11.6 Å². The Morgan fingerprint density at radius 3 is 2.60 bits per heavy atom. The molecule has 0 aromatic heterocycles. The Morgan fingerprint density at radius 1 is 1.30 bits per heavy atom. The Labute approximate surface area is 61.6 Å². The molecule has 2 nitrogen and oxygen atoms in total. The lowest BCUT2D eigenvalue weighted by Crippen LogP contribution is -2.46. The summed E-state index contributed by atoms with van der Waals surface area (Å²) in [7, 11) is 0. The highest BCUT2D eigenvalue weighted by Gasteiger charge is 2.43. The van der Waals surface area contributed by atoms with Crippen LogP contribution in [0.2, 0.25) is 0 Å². The zero-order valence-electron chi connectivity index (χ0n) is 6.27. The van der Waals surface area contributed by atoms with Crippen LogP contribution in [0.3, 0.4) is 0 Å². The third-order valence-corrected chi connectivity index (χ3v) is 3.02. The van der Waals surface area contributed by atoms with E-state index in [2.05, 4.69) is 5.32 Å². The van der Waals surface area contributed by atoms with Crippen LogP contribution in [0.15, 0.2) is 0 Å². The van der Waals surface area contributed by atoms with E-state index in [0.29, 0.717) is 0 Å². The number of aliphatic hydroxyl groups excluding tert-OH is 1. The smallest absolute Gasteiger partial charge is 0.0721 e. The summed E-state index contributed by atoms with van der Waals surface area (Å²) >= 11 is 0. The second-order valence-corrected chi connectivity index (χ2v) is 3.59. The van der Waals surface area contributed by atoms with Gasteiger partial charge >= 0.3 is 0 Å². The molecule has 2 fully saturated rings. The second kappa shape index (κ2) is 2.21. The molecule has 0 aromatic carbocycles. The van der Waals surface area contributed by atoms with E-state index < -0.39 is 0 Å². The number of nitrogens with one attached hydrogen (secondary N) is 1. The summed E-state index contributed by atoms with van der Waals surface area (Å²) in [6.45, 7) is 1.11. The largest absolute Gasteiger partial charge is 0.391 e. The molecule has 2 N–H and O–H groups in total. The van der Waals surface area contributed by atoms with Crippen molar-refractivity contribution in [3.63, 3.8) is 0 Å². The Kier molecular flexibility index (Phi) is 1.46. The topological polar surface area (TPSA) is 32.3 Å². The molecule has 0 bridgehead atoms. The summed E-state index contributed by atoms with van der Waals surface area (Å²) in [5.41, 5.74) is 0.153. The molecule has 1 spiro atoms. The molecule has 2 aliphatic rings. The third kappa shape index (κ3) is 0.789. The van der Waals surface area contributed by atoms with Crippen molar-refractivity contribution in [1.29, 1.82) is 0 Å². The maximum Gasteiger partial charge on any atom is 0.0721 e. The van der Waals surface area contributed by atoms with Crippen molar-refractivity contribution in [2.75, 3.05) is 6.54 Å². The van der Waals surface area contributed by atoms with Gasteiger partial charge in [-0.05, 0) is 38.6 Å². The molecule has 2 heteroatoms. The predicted octanol–water partition coefficient (Wildman–Crippen LogP) is 0.653. The summed E-state index contributed by atoms with van der Waals surface area (Å²) < 4.78 is 0. The summed E-state index contributed by atoms with van der Waals surface area (Å²) in [4.78, 5) is 0. The Balaban J connectivity index is 2.11. The van der Waals surface area contributed by atoms with E-state index in [1.54, 1.807) is 0 Å². The molecule has 0 radical (unpaired) electrons. The van der Waals surface area contributed by atoms with E-state index in [9.17, 15) is 5.11 Å². The van der Waals surface area contributed by atoms with Gasteiger partial charge < -0.3 is 10.4 Å². The van der Waals surface area contributed by atoms with Crippen LogP contribution in [0.1, 0.15) is 32.1 Å². The van der Waals surface area contributed by atoms with Crippen LogP contribution in [-0.4, -0.2) is 23.3 Å². The molecule has 1 aliphatic carbocycles. The van der Waals surface area contributed by atoms with E-state index in [4.69, 9.17) is 0 Å². The van der Waals surface area contributed by atoms with E-state index in [1.807, 2.05) is 0 Å². The number of aliphatic hydroxyl groups is 1. The predicted molar refractivity (Wildman–Crippen MR) is 39.8 cm³/mol. The molecule has 1 saturated carbocycles. The van der Waals surface area contributed by atoms with Crippen molar-refractivity contribution >= 4 is 0 Å². The lowest BCUT2D eigenvalue weighted by Gasteiger charge is -2.27. The summed E-state index contributed by atoms with van der Waals surface area (Å²) in [5.74, 6) is 0. The lowest BCUT2D eigenvalue weighted by atomic mass is 9.94. The first-order valence-electron chi connectivity index (χ1n) is 4.27. The van der Waals surface area contributed by atoms with Crippen molar-refractivity contribution in [2.45, 2.75) is 43.7 Å². The highest BCUT2D eigenvalue weighted by molar-refractivity contribution is 5.02. The van der Waals surface area contributed by atoms with Gasteiger partial charge in [0, 0.05) is 5.54 Å². The van der Waals surface area contributed by atoms with Crippen LogP contribution in [0.4, 0.5) is 0 Å². The van der Waals surface area contributed by atoms with Gasteiger partial charge in [0.15, 0.2) is 0 Å². The zero-order chi connectivity index (χ0) is 7.03. The third-order valence-electron chi connectivity index (χ3n) is 3.02. The van der Waals surface area contributed by atoms with Crippen LogP contribution in [0.25, 0.3) is 0 Å². The minimum absolute atomic E-state index is 0.0602. The molecule has 0 aromatic rings. The molecule has 2 rings (SSSR count). The maximum absolute atomic E-state index is 9.62. The van der Waals surface area contributed by atoms with Crippen LogP contribution in [0.5, 0.6) is 0 Å². The van der Waals surface area contributed by atoms with Gasteiger partial charge in [-0.25, -0.2) is 0 Å². The fraction of sp³-hybridized carbons (Fsp3) is 1.00. The van der Waals surface area contributed by atoms with E-state index in [1.165, 1.54) is 25.7 Å². The van der Waals surface area contributed by atoms with Gasteiger partial charge in [-0.1, -0.05) is 0 Å². The fourth-order valence-corrected chi connectivity index (χ4v) is 2.38. The van der Waals surface area contributed by atoms with E-state index in [0.717, 1.165) is 13.0 Å². The van der Waals surface area contributed by atoms with Crippen molar-refractivity contribution in [2.24, 2.45) is 0 Å². The minimum atomic E-state index is -0.0602.